The Morgan fingerprint density at radius 1 is 1.24 bits per heavy atom. The summed E-state index contributed by atoms with van der Waals surface area (Å²) in [6, 6.07) is 12.4. The Kier molecular flexibility index (Phi) is 4.79. The van der Waals surface area contributed by atoms with Crippen LogP contribution in [0.1, 0.15) is 24.6 Å². The van der Waals surface area contributed by atoms with Crippen molar-refractivity contribution >= 4 is 17.2 Å². The minimum absolute atomic E-state index is 0.0891. The minimum atomic E-state index is -0.153. The molecule has 0 bridgehead atoms. The van der Waals surface area contributed by atoms with E-state index in [9.17, 15) is 9.59 Å². The highest BCUT2D eigenvalue weighted by Crippen LogP contribution is 2.24. The molecule has 0 saturated carbocycles. The number of hydrogen-bond donors (Lipinski definition) is 1. The summed E-state index contributed by atoms with van der Waals surface area (Å²) in [7, 11) is 0. The van der Waals surface area contributed by atoms with Crippen molar-refractivity contribution in [3.8, 4) is 5.75 Å². The van der Waals surface area contributed by atoms with Crippen LogP contribution in [0, 0.1) is 6.92 Å². The van der Waals surface area contributed by atoms with Crippen LogP contribution in [0.3, 0.4) is 0 Å². The third kappa shape index (κ3) is 3.68. The predicted octanol–water partition coefficient (Wildman–Crippen LogP) is 2.93. The highest BCUT2D eigenvalue weighted by atomic mass is 16.5. The van der Waals surface area contributed by atoms with Gasteiger partial charge in [-0.1, -0.05) is 25.1 Å². The number of aromatic nitrogens is 2. The maximum Gasteiger partial charge on any atom is 0.258 e. The van der Waals surface area contributed by atoms with E-state index in [1.165, 1.54) is 10.5 Å². The SMILES string of the molecule is CCC(=O)Nc1ccccc1OCc1cc(=O)n2cccc(C)c2n1. The number of benzene rings is 1. The number of carbonyl (C=O) groups excluding carboxylic acids is 1. The molecule has 0 fully saturated rings. The highest BCUT2D eigenvalue weighted by molar-refractivity contribution is 5.91. The first kappa shape index (κ1) is 16.7. The Hall–Kier alpha value is -3.15. The number of aryl methyl sites for hydroxylation is 1. The molecule has 128 valence electrons. The number of ether oxygens (including phenoxy) is 1. The number of anilines is 1. The van der Waals surface area contributed by atoms with E-state index in [1.807, 2.05) is 31.2 Å². The molecule has 0 aliphatic rings. The van der Waals surface area contributed by atoms with Gasteiger partial charge >= 0.3 is 0 Å². The number of amides is 1. The van der Waals surface area contributed by atoms with Crippen LogP contribution in [0.4, 0.5) is 5.69 Å². The number of para-hydroxylation sites is 2. The molecule has 0 radical (unpaired) electrons. The predicted molar refractivity (Wildman–Crippen MR) is 95.9 cm³/mol. The smallest absolute Gasteiger partial charge is 0.258 e. The Morgan fingerprint density at radius 3 is 2.84 bits per heavy atom. The van der Waals surface area contributed by atoms with Crippen LogP contribution in [0.25, 0.3) is 5.65 Å². The lowest BCUT2D eigenvalue weighted by Gasteiger charge is -2.12. The maximum absolute atomic E-state index is 12.2. The number of nitrogens with zero attached hydrogens (tertiary/aromatic N) is 2. The molecule has 0 aliphatic heterocycles. The van der Waals surface area contributed by atoms with E-state index in [0.29, 0.717) is 29.2 Å². The van der Waals surface area contributed by atoms with Gasteiger partial charge in [0.15, 0.2) is 0 Å². The number of hydrogen-bond acceptors (Lipinski definition) is 4. The molecule has 3 aromatic rings. The average Bonchev–Trinajstić information content (AvgIpc) is 2.62. The van der Waals surface area contributed by atoms with Crippen LogP contribution in [-0.4, -0.2) is 15.3 Å². The van der Waals surface area contributed by atoms with Crippen LogP contribution in [0.2, 0.25) is 0 Å². The van der Waals surface area contributed by atoms with Gasteiger partial charge in [0.25, 0.3) is 5.56 Å². The minimum Gasteiger partial charge on any atom is -0.485 e. The Labute approximate surface area is 145 Å². The van der Waals surface area contributed by atoms with Crippen molar-refractivity contribution in [2.45, 2.75) is 26.9 Å². The standard InChI is InChI=1S/C19H19N3O3/c1-3-17(23)21-15-8-4-5-9-16(15)25-12-14-11-18(24)22-10-6-7-13(2)19(22)20-14/h4-11H,3,12H2,1-2H3,(H,21,23). The summed E-state index contributed by atoms with van der Waals surface area (Å²) >= 11 is 0. The van der Waals surface area contributed by atoms with E-state index in [0.717, 1.165) is 5.56 Å². The summed E-state index contributed by atoms with van der Waals surface area (Å²) < 4.78 is 7.30. The van der Waals surface area contributed by atoms with Crippen molar-refractivity contribution in [3.05, 3.63) is 70.3 Å². The quantitative estimate of drug-likeness (QED) is 0.777. The summed E-state index contributed by atoms with van der Waals surface area (Å²) in [4.78, 5) is 28.3. The summed E-state index contributed by atoms with van der Waals surface area (Å²) in [5.74, 6) is 0.449. The van der Waals surface area contributed by atoms with Crippen molar-refractivity contribution in [2.75, 3.05) is 5.32 Å². The monoisotopic (exact) mass is 337 g/mol. The Morgan fingerprint density at radius 2 is 2.04 bits per heavy atom. The average molecular weight is 337 g/mol. The normalized spacial score (nSPS) is 10.6. The van der Waals surface area contributed by atoms with E-state index < -0.39 is 0 Å². The molecule has 3 rings (SSSR count). The third-order valence-corrected chi connectivity index (χ3v) is 3.80. The topological polar surface area (TPSA) is 72.7 Å². The van der Waals surface area contributed by atoms with Gasteiger partial charge in [0.2, 0.25) is 5.91 Å². The van der Waals surface area contributed by atoms with Crippen LogP contribution in [0.15, 0.2) is 53.5 Å². The second kappa shape index (κ2) is 7.17. The molecule has 25 heavy (non-hydrogen) atoms. The van der Waals surface area contributed by atoms with E-state index in [-0.39, 0.29) is 18.1 Å². The van der Waals surface area contributed by atoms with Crippen molar-refractivity contribution in [2.24, 2.45) is 0 Å². The summed E-state index contributed by atoms with van der Waals surface area (Å²) in [6.45, 7) is 3.83. The second-order valence-electron chi connectivity index (χ2n) is 5.66. The van der Waals surface area contributed by atoms with Gasteiger partial charge in [-0.05, 0) is 30.7 Å². The molecule has 2 aromatic heterocycles. The zero-order valence-corrected chi connectivity index (χ0v) is 14.2. The molecular formula is C19H19N3O3. The molecule has 0 atom stereocenters. The molecule has 1 aromatic carbocycles. The molecule has 0 saturated heterocycles. The Bertz CT molecular complexity index is 979. The van der Waals surface area contributed by atoms with Crippen molar-refractivity contribution in [1.82, 2.24) is 9.38 Å². The molecule has 1 N–H and O–H groups in total. The molecule has 0 spiro atoms. The van der Waals surface area contributed by atoms with Gasteiger partial charge in [0.05, 0.1) is 11.4 Å². The largest absolute Gasteiger partial charge is 0.485 e. The molecule has 0 unspecified atom stereocenters. The molecule has 2 heterocycles. The van der Waals surface area contributed by atoms with Crippen molar-refractivity contribution in [1.29, 1.82) is 0 Å². The van der Waals surface area contributed by atoms with Gasteiger partial charge in [-0.15, -0.1) is 0 Å². The fourth-order valence-electron chi connectivity index (χ4n) is 2.47. The van der Waals surface area contributed by atoms with E-state index in [2.05, 4.69) is 10.3 Å². The molecule has 6 nitrogen and oxygen atoms in total. The number of carbonyl (C=O) groups is 1. The zero-order valence-electron chi connectivity index (χ0n) is 14.2. The molecule has 0 aliphatic carbocycles. The van der Waals surface area contributed by atoms with Gasteiger partial charge in [0.1, 0.15) is 18.0 Å². The van der Waals surface area contributed by atoms with E-state index >= 15 is 0 Å². The zero-order chi connectivity index (χ0) is 17.8. The van der Waals surface area contributed by atoms with Gasteiger partial charge in [0, 0.05) is 18.7 Å². The van der Waals surface area contributed by atoms with Crippen LogP contribution in [-0.2, 0) is 11.4 Å². The van der Waals surface area contributed by atoms with Crippen LogP contribution >= 0.6 is 0 Å². The molecule has 6 heteroatoms. The molecule has 1 amide bonds. The first-order valence-electron chi connectivity index (χ1n) is 8.08. The first-order chi connectivity index (χ1) is 12.1. The lowest BCUT2D eigenvalue weighted by molar-refractivity contribution is -0.115. The van der Waals surface area contributed by atoms with E-state index in [1.54, 1.807) is 25.3 Å². The van der Waals surface area contributed by atoms with Crippen molar-refractivity contribution in [3.63, 3.8) is 0 Å². The van der Waals surface area contributed by atoms with Crippen LogP contribution in [0.5, 0.6) is 5.75 Å². The van der Waals surface area contributed by atoms with Crippen molar-refractivity contribution < 1.29 is 9.53 Å². The number of rotatable bonds is 5. The van der Waals surface area contributed by atoms with Gasteiger partial charge < -0.3 is 10.1 Å². The highest BCUT2D eigenvalue weighted by Gasteiger charge is 2.09. The number of nitrogens with one attached hydrogen (secondary N) is 1. The first-order valence-corrected chi connectivity index (χ1v) is 8.08. The van der Waals surface area contributed by atoms with Crippen LogP contribution < -0.4 is 15.6 Å². The number of pyridine rings is 1. The summed E-state index contributed by atoms with van der Waals surface area (Å²) in [6.07, 6.45) is 2.08. The van der Waals surface area contributed by atoms with Gasteiger partial charge in [-0.3, -0.25) is 14.0 Å². The lowest BCUT2D eigenvalue weighted by atomic mass is 10.2. The number of fused-ring (bicyclic) bond motifs is 1. The lowest BCUT2D eigenvalue weighted by Crippen LogP contribution is -2.17. The third-order valence-electron chi connectivity index (χ3n) is 3.80. The fraction of sp³-hybridized carbons (Fsp3) is 0.211. The maximum atomic E-state index is 12.2. The van der Waals surface area contributed by atoms with Gasteiger partial charge in [-0.25, -0.2) is 4.98 Å². The summed E-state index contributed by atoms with van der Waals surface area (Å²) in [5.41, 5.74) is 2.51. The van der Waals surface area contributed by atoms with Gasteiger partial charge in [-0.2, -0.15) is 0 Å². The molecular weight excluding hydrogens is 318 g/mol. The second-order valence-corrected chi connectivity index (χ2v) is 5.66. The fourth-order valence-corrected chi connectivity index (χ4v) is 2.47. The van der Waals surface area contributed by atoms with E-state index in [4.69, 9.17) is 4.74 Å². The Balaban J connectivity index is 1.85. The summed E-state index contributed by atoms with van der Waals surface area (Å²) in [5, 5.41) is 2.80.